The van der Waals surface area contributed by atoms with Gasteiger partial charge in [0.05, 0.1) is 11.4 Å². The highest BCUT2D eigenvalue weighted by Gasteiger charge is 2.06. The Morgan fingerprint density at radius 2 is 0.967 bits per heavy atom. The molecule has 0 radical (unpaired) electrons. The minimum Gasteiger partial charge on any atom is -0.489 e. The van der Waals surface area contributed by atoms with Crippen molar-refractivity contribution in [1.29, 1.82) is 0 Å². The number of hydrogen-bond acceptors (Lipinski definition) is 4. The maximum absolute atomic E-state index is 5.89. The van der Waals surface area contributed by atoms with E-state index in [9.17, 15) is 0 Å². The molecule has 0 aliphatic heterocycles. The van der Waals surface area contributed by atoms with Gasteiger partial charge in [-0.3, -0.25) is 9.97 Å². The fraction of sp³-hybridized carbons (Fsp3) is 0.0833. The highest BCUT2D eigenvalue weighted by molar-refractivity contribution is 14.1. The number of halogens is 2. The molecule has 0 N–H and O–H groups in total. The van der Waals surface area contributed by atoms with Crippen LogP contribution >= 0.6 is 45.2 Å². The van der Waals surface area contributed by atoms with Crippen molar-refractivity contribution < 1.29 is 9.47 Å². The molecular formula is C24H18I2N2O2. The van der Waals surface area contributed by atoms with Gasteiger partial charge in [-0.25, -0.2) is 0 Å². The highest BCUT2D eigenvalue weighted by atomic mass is 127. The van der Waals surface area contributed by atoms with E-state index in [1.54, 1.807) is 12.4 Å². The lowest BCUT2D eigenvalue weighted by Crippen LogP contribution is -1.99. The van der Waals surface area contributed by atoms with Gasteiger partial charge in [-0.05, 0) is 129 Å². The quantitative estimate of drug-likeness (QED) is 0.221. The predicted molar refractivity (Wildman–Crippen MR) is 134 cm³/mol. The van der Waals surface area contributed by atoms with Gasteiger partial charge in [-0.15, -0.1) is 0 Å². The molecule has 30 heavy (non-hydrogen) atoms. The van der Waals surface area contributed by atoms with Crippen LogP contribution < -0.4 is 9.47 Å². The maximum Gasteiger partial charge on any atom is 0.119 e. The van der Waals surface area contributed by atoms with Crippen LogP contribution in [-0.2, 0) is 13.2 Å². The third-order valence-electron chi connectivity index (χ3n) is 4.35. The molecule has 6 heteroatoms. The predicted octanol–water partition coefficient (Wildman–Crippen LogP) is 6.51. The van der Waals surface area contributed by atoms with Crippen LogP contribution in [0.3, 0.4) is 0 Å². The summed E-state index contributed by atoms with van der Waals surface area (Å²) in [7, 11) is 0. The van der Waals surface area contributed by atoms with Crippen LogP contribution in [0.4, 0.5) is 0 Å². The molecule has 0 amide bonds. The molecule has 4 rings (SSSR count). The van der Waals surface area contributed by atoms with E-state index in [1.807, 2.05) is 72.8 Å². The topological polar surface area (TPSA) is 44.2 Å². The zero-order chi connectivity index (χ0) is 20.8. The van der Waals surface area contributed by atoms with Crippen molar-refractivity contribution in [2.45, 2.75) is 13.2 Å². The lowest BCUT2D eigenvalue weighted by molar-refractivity contribution is 0.306. The lowest BCUT2D eigenvalue weighted by Gasteiger charge is -2.09. The van der Waals surface area contributed by atoms with Crippen LogP contribution in [0.25, 0.3) is 11.4 Å². The van der Waals surface area contributed by atoms with E-state index in [-0.39, 0.29) is 0 Å². The van der Waals surface area contributed by atoms with E-state index in [0.29, 0.717) is 13.2 Å². The molecule has 2 aromatic carbocycles. The van der Waals surface area contributed by atoms with Crippen molar-refractivity contribution in [3.05, 3.63) is 103 Å². The van der Waals surface area contributed by atoms with E-state index >= 15 is 0 Å². The largest absolute Gasteiger partial charge is 0.489 e. The molecule has 0 fully saturated rings. The molecule has 0 aliphatic carbocycles. The number of ether oxygens (including phenoxy) is 2. The fourth-order valence-electron chi connectivity index (χ4n) is 2.80. The van der Waals surface area contributed by atoms with E-state index < -0.39 is 0 Å². The Labute approximate surface area is 203 Å². The first-order valence-electron chi connectivity index (χ1n) is 9.33. The number of benzene rings is 2. The molecule has 0 atom stereocenters. The van der Waals surface area contributed by atoms with Crippen molar-refractivity contribution in [3.8, 4) is 22.9 Å². The summed E-state index contributed by atoms with van der Waals surface area (Å²) in [4.78, 5) is 8.97. The first kappa shape index (κ1) is 21.0. The van der Waals surface area contributed by atoms with Gasteiger partial charge in [-0.1, -0.05) is 0 Å². The summed E-state index contributed by atoms with van der Waals surface area (Å²) in [6.45, 7) is 0.956. The molecule has 0 unspecified atom stereocenters. The summed E-state index contributed by atoms with van der Waals surface area (Å²) >= 11 is 4.56. The maximum atomic E-state index is 5.89. The first-order chi connectivity index (χ1) is 14.7. The standard InChI is InChI=1S/C24H18I2N2O2/c25-19-1-5-21(6-2-19)29-15-17-9-11-27-23(13-17)24-14-18(10-12-28-24)16-30-22-7-3-20(26)4-8-22/h1-14H,15-16H2. The monoisotopic (exact) mass is 620 g/mol. The Balaban J connectivity index is 1.43. The third-order valence-corrected chi connectivity index (χ3v) is 5.79. The molecule has 0 saturated heterocycles. The second-order valence-corrected chi connectivity index (χ2v) is 9.08. The Kier molecular flexibility index (Phi) is 7.16. The van der Waals surface area contributed by atoms with Gasteiger partial charge in [0.1, 0.15) is 24.7 Å². The zero-order valence-corrected chi connectivity index (χ0v) is 20.3. The van der Waals surface area contributed by atoms with Gasteiger partial charge in [-0.2, -0.15) is 0 Å². The first-order valence-corrected chi connectivity index (χ1v) is 11.5. The molecule has 4 nitrogen and oxygen atoms in total. The average molecular weight is 620 g/mol. The number of aromatic nitrogens is 2. The van der Waals surface area contributed by atoms with Crippen LogP contribution in [-0.4, -0.2) is 9.97 Å². The van der Waals surface area contributed by atoms with Crippen molar-refractivity contribution in [2.24, 2.45) is 0 Å². The minimum absolute atomic E-state index is 0.478. The summed E-state index contributed by atoms with van der Waals surface area (Å²) in [5.41, 5.74) is 3.71. The van der Waals surface area contributed by atoms with Crippen molar-refractivity contribution in [3.63, 3.8) is 0 Å². The summed E-state index contributed by atoms with van der Waals surface area (Å²) in [6.07, 6.45) is 3.58. The van der Waals surface area contributed by atoms with Crippen LogP contribution in [0.1, 0.15) is 11.1 Å². The van der Waals surface area contributed by atoms with Crippen LogP contribution in [0.15, 0.2) is 85.2 Å². The van der Waals surface area contributed by atoms with Crippen molar-refractivity contribution >= 4 is 45.2 Å². The molecule has 0 saturated carbocycles. The van der Waals surface area contributed by atoms with Gasteiger partial charge in [0.25, 0.3) is 0 Å². The summed E-state index contributed by atoms with van der Waals surface area (Å²) in [5, 5.41) is 0. The average Bonchev–Trinajstić information content (AvgIpc) is 2.79. The van der Waals surface area contributed by atoms with Crippen LogP contribution in [0.2, 0.25) is 0 Å². The smallest absolute Gasteiger partial charge is 0.119 e. The van der Waals surface area contributed by atoms with Gasteiger partial charge in [0.2, 0.25) is 0 Å². The fourth-order valence-corrected chi connectivity index (χ4v) is 3.52. The second-order valence-electron chi connectivity index (χ2n) is 6.58. The van der Waals surface area contributed by atoms with E-state index in [2.05, 4.69) is 55.1 Å². The molecule has 0 aliphatic rings. The number of nitrogens with zero attached hydrogens (tertiary/aromatic N) is 2. The van der Waals surface area contributed by atoms with E-state index in [1.165, 1.54) is 7.14 Å². The molecule has 2 heterocycles. The molecular weight excluding hydrogens is 602 g/mol. The Morgan fingerprint density at radius 3 is 1.37 bits per heavy atom. The molecule has 2 aromatic heterocycles. The summed E-state index contributed by atoms with van der Waals surface area (Å²) < 4.78 is 14.1. The summed E-state index contributed by atoms with van der Waals surface area (Å²) in [5.74, 6) is 1.70. The number of pyridine rings is 2. The Bertz CT molecular complexity index is 1030. The zero-order valence-electron chi connectivity index (χ0n) is 16.0. The van der Waals surface area contributed by atoms with Gasteiger partial charge in [0.15, 0.2) is 0 Å². The van der Waals surface area contributed by atoms with Gasteiger partial charge < -0.3 is 9.47 Å². The second kappa shape index (κ2) is 10.2. The molecule has 0 spiro atoms. The summed E-state index contributed by atoms with van der Waals surface area (Å²) in [6, 6.07) is 24.0. The third kappa shape index (κ3) is 5.91. The van der Waals surface area contributed by atoms with Gasteiger partial charge in [0, 0.05) is 19.5 Å². The van der Waals surface area contributed by atoms with Crippen molar-refractivity contribution in [2.75, 3.05) is 0 Å². The van der Waals surface area contributed by atoms with Crippen molar-refractivity contribution in [1.82, 2.24) is 9.97 Å². The highest BCUT2D eigenvalue weighted by Crippen LogP contribution is 2.20. The Hall–Kier alpha value is -2.20. The minimum atomic E-state index is 0.478. The normalized spacial score (nSPS) is 10.6. The number of rotatable bonds is 7. The van der Waals surface area contributed by atoms with E-state index in [0.717, 1.165) is 34.0 Å². The molecule has 150 valence electrons. The van der Waals surface area contributed by atoms with E-state index in [4.69, 9.17) is 9.47 Å². The SMILES string of the molecule is Ic1ccc(OCc2ccnc(-c3cc(COc4ccc(I)cc4)ccn3)c2)cc1. The number of hydrogen-bond donors (Lipinski definition) is 0. The molecule has 0 bridgehead atoms. The van der Waals surface area contributed by atoms with Crippen LogP contribution in [0.5, 0.6) is 11.5 Å². The lowest BCUT2D eigenvalue weighted by atomic mass is 10.1. The molecule has 4 aromatic rings. The Morgan fingerprint density at radius 1 is 0.567 bits per heavy atom. The van der Waals surface area contributed by atoms with Crippen LogP contribution in [0, 0.1) is 7.14 Å². The van der Waals surface area contributed by atoms with Gasteiger partial charge >= 0.3 is 0 Å².